The van der Waals surface area contributed by atoms with E-state index in [1.165, 1.54) is 0 Å². The van der Waals surface area contributed by atoms with Gasteiger partial charge < -0.3 is 20.1 Å². The molecule has 0 amide bonds. The molecule has 2 atom stereocenters. The summed E-state index contributed by atoms with van der Waals surface area (Å²) >= 11 is 0. The highest BCUT2D eigenvalue weighted by molar-refractivity contribution is 5.20. The van der Waals surface area contributed by atoms with Crippen molar-refractivity contribution in [2.24, 2.45) is 11.3 Å². The molecule has 0 radical (unpaired) electrons. The molecule has 2 unspecified atom stereocenters. The van der Waals surface area contributed by atoms with Gasteiger partial charge in [0.1, 0.15) is 5.75 Å². The Kier molecular flexibility index (Phi) is 4.24. The summed E-state index contributed by atoms with van der Waals surface area (Å²) in [6.07, 6.45) is 1.04. The van der Waals surface area contributed by atoms with E-state index < -0.39 is 0 Å². The normalized spacial score (nSPS) is 29.6. The Bertz CT molecular complexity index is 426. The first kappa shape index (κ1) is 13.9. The molecule has 1 aromatic carbocycles. The number of para-hydroxylation sites is 1. The van der Waals surface area contributed by atoms with Crippen molar-refractivity contribution in [2.75, 3.05) is 45.9 Å². The molecule has 2 fully saturated rings. The molecule has 0 aromatic heterocycles. The second-order valence-corrected chi connectivity index (χ2v) is 6.10. The Morgan fingerprint density at radius 1 is 1.35 bits per heavy atom. The molecular formula is C16H24N2O2. The highest BCUT2D eigenvalue weighted by Crippen LogP contribution is 2.38. The Balaban J connectivity index is 1.40. The van der Waals surface area contributed by atoms with Crippen LogP contribution >= 0.6 is 0 Å². The second kappa shape index (κ2) is 6.12. The van der Waals surface area contributed by atoms with Gasteiger partial charge in [0.25, 0.3) is 0 Å². The van der Waals surface area contributed by atoms with E-state index in [1.807, 2.05) is 30.3 Å². The predicted octanol–water partition coefficient (Wildman–Crippen LogP) is 0.969. The van der Waals surface area contributed by atoms with Crippen molar-refractivity contribution in [1.82, 2.24) is 10.2 Å². The molecule has 2 heterocycles. The second-order valence-electron chi connectivity index (χ2n) is 6.10. The monoisotopic (exact) mass is 276 g/mol. The maximum absolute atomic E-state index is 9.67. The number of ether oxygens (including phenoxy) is 1. The van der Waals surface area contributed by atoms with Crippen LogP contribution in [0.3, 0.4) is 0 Å². The molecule has 0 spiro atoms. The minimum atomic E-state index is 0.111. The van der Waals surface area contributed by atoms with Crippen LogP contribution in [-0.4, -0.2) is 55.9 Å². The summed E-state index contributed by atoms with van der Waals surface area (Å²) in [5.41, 5.74) is 0.111. The quantitative estimate of drug-likeness (QED) is 0.760. The largest absolute Gasteiger partial charge is 0.494 e. The van der Waals surface area contributed by atoms with Crippen molar-refractivity contribution in [3.05, 3.63) is 30.3 Å². The maximum atomic E-state index is 9.67. The summed E-state index contributed by atoms with van der Waals surface area (Å²) < 4.78 is 5.72. The number of benzene rings is 1. The van der Waals surface area contributed by atoms with E-state index in [2.05, 4.69) is 10.2 Å². The highest BCUT2D eigenvalue weighted by atomic mass is 16.5. The first-order chi connectivity index (χ1) is 9.82. The SMILES string of the molecule is OCC12CNCC1CN(CCCOc1ccccc1)C2. The molecule has 2 N–H and O–H groups in total. The minimum Gasteiger partial charge on any atom is -0.494 e. The smallest absolute Gasteiger partial charge is 0.119 e. The lowest BCUT2D eigenvalue weighted by Gasteiger charge is -2.25. The average molecular weight is 276 g/mol. The fraction of sp³-hybridized carbons (Fsp3) is 0.625. The van der Waals surface area contributed by atoms with E-state index in [4.69, 9.17) is 4.74 Å². The zero-order chi connectivity index (χ0) is 13.8. The molecular weight excluding hydrogens is 252 g/mol. The Hall–Kier alpha value is -1.10. The first-order valence-electron chi connectivity index (χ1n) is 7.54. The van der Waals surface area contributed by atoms with Crippen LogP contribution in [0.5, 0.6) is 5.75 Å². The summed E-state index contributed by atoms with van der Waals surface area (Å²) in [6, 6.07) is 9.97. The minimum absolute atomic E-state index is 0.111. The Morgan fingerprint density at radius 3 is 2.95 bits per heavy atom. The molecule has 3 rings (SSSR count). The number of likely N-dealkylation sites (tertiary alicyclic amines) is 1. The predicted molar refractivity (Wildman–Crippen MR) is 78.9 cm³/mol. The number of aliphatic hydroxyl groups is 1. The summed E-state index contributed by atoms with van der Waals surface area (Å²) in [5, 5.41) is 13.1. The Labute approximate surface area is 120 Å². The van der Waals surface area contributed by atoms with Crippen molar-refractivity contribution in [3.63, 3.8) is 0 Å². The van der Waals surface area contributed by atoms with Crippen molar-refractivity contribution >= 4 is 0 Å². The topological polar surface area (TPSA) is 44.7 Å². The molecule has 20 heavy (non-hydrogen) atoms. The van der Waals surface area contributed by atoms with Gasteiger partial charge in [-0.15, -0.1) is 0 Å². The Morgan fingerprint density at radius 2 is 2.20 bits per heavy atom. The van der Waals surface area contributed by atoms with E-state index in [9.17, 15) is 5.11 Å². The molecule has 0 bridgehead atoms. The van der Waals surface area contributed by atoms with E-state index in [1.54, 1.807) is 0 Å². The van der Waals surface area contributed by atoms with Crippen molar-refractivity contribution in [3.8, 4) is 5.75 Å². The van der Waals surface area contributed by atoms with Crippen LogP contribution in [0.15, 0.2) is 30.3 Å². The third-order valence-corrected chi connectivity index (χ3v) is 4.70. The zero-order valence-corrected chi connectivity index (χ0v) is 11.9. The van der Waals surface area contributed by atoms with E-state index >= 15 is 0 Å². The number of hydrogen-bond acceptors (Lipinski definition) is 4. The molecule has 4 heteroatoms. The summed E-state index contributed by atoms with van der Waals surface area (Å²) in [4.78, 5) is 2.48. The van der Waals surface area contributed by atoms with Crippen molar-refractivity contribution in [2.45, 2.75) is 6.42 Å². The summed E-state index contributed by atoms with van der Waals surface area (Å²) in [7, 11) is 0. The molecule has 2 aliphatic rings. The fourth-order valence-electron chi connectivity index (χ4n) is 3.52. The lowest BCUT2D eigenvalue weighted by atomic mass is 9.82. The molecule has 1 aromatic rings. The first-order valence-corrected chi connectivity index (χ1v) is 7.54. The van der Waals surface area contributed by atoms with Gasteiger partial charge in [-0.3, -0.25) is 0 Å². The maximum Gasteiger partial charge on any atom is 0.119 e. The average Bonchev–Trinajstić information content (AvgIpc) is 3.01. The van der Waals surface area contributed by atoms with Crippen molar-refractivity contribution < 1.29 is 9.84 Å². The molecule has 2 saturated heterocycles. The van der Waals surface area contributed by atoms with Gasteiger partial charge in [0.05, 0.1) is 13.2 Å². The van der Waals surface area contributed by atoms with Crippen LogP contribution in [0.4, 0.5) is 0 Å². The molecule has 110 valence electrons. The number of fused-ring (bicyclic) bond motifs is 1. The molecule has 2 aliphatic heterocycles. The van der Waals surface area contributed by atoms with Gasteiger partial charge in [-0.2, -0.15) is 0 Å². The lowest BCUT2D eigenvalue weighted by Crippen LogP contribution is -2.36. The van der Waals surface area contributed by atoms with Crippen LogP contribution in [0.2, 0.25) is 0 Å². The van der Waals surface area contributed by atoms with Crippen LogP contribution in [-0.2, 0) is 0 Å². The molecule has 0 aliphatic carbocycles. The lowest BCUT2D eigenvalue weighted by molar-refractivity contribution is 0.124. The molecule has 4 nitrogen and oxygen atoms in total. The van der Waals surface area contributed by atoms with Gasteiger partial charge in [-0.05, 0) is 31.0 Å². The van der Waals surface area contributed by atoms with Crippen LogP contribution < -0.4 is 10.1 Å². The fourth-order valence-corrected chi connectivity index (χ4v) is 3.52. The summed E-state index contributed by atoms with van der Waals surface area (Å²) in [6.45, 7) is 6.27. The standard InChI is InChI=1S/C16H24N2O2/c19-13-16-11-17-9-14(16)10-18(12-16)7-4-8-20-15-5-2-1-3-6-15/h1-3,5-6,14,17,19H,4,7-13H2. The van der Waals surface area contributed by atoms with E-state index in [0.29, 0.717) is 12.5 Å². The van der Waals surface area contributed by atoms with Crippen LogP contribution in [0, 0.1) is 11.3 Å². The van der Waals surface area contributed by atoms with Crippen LogP contribution in [0.25, 0.3) is 0 Å². The van der Waals surface area contributed by atoms with Gasteiger partial charge in [0.2, 0.25) is 0 Å². The van der Waals surface area contributed by atoms with Crippen LogP contribution in [0.1, 0.15) is 6.42 Å². The third-order valence-electron chi connectivity index (χ3n) is 4.70. The summed E-state index contributed by atoms with van der Waals surface area (Å²) in [5.74, 6) is 1.56. The number of rotatable bonds is 6. The number of aliphatic hydroxyl groups excluding tert-OH is 1. The van der Waals surface area contributed by atoms with Gasteiger partial charge in [-0.25, -0.2) is 0 Å². The van der Waals surface area contributed by atoms with Gasteiger partial charge >= 0.3 is 0 Å². The zero-order valence-electron chi connectivity index (χ0n) is 11.9. The number of nitrogens with zero attached hydrogens (tertiary/aromatic N) is 1. The third kappa shape index (κ3) is 2.82. The highest BCUT2D eigenvalue weighted by Gasteiger charge is 2.48. The van der Waals surface area contributed by atoms with Gasteiger partial charge in [-0.1, -0.05) is 18.2 Å². The van der Waals surface area contributed by atoms with E-state index in [-0.39, 0.29) is 5.41 Å². The number of hydrogen-bond donors (Lipinski definition) is 2. The van der Waals surface area contributed by atoms with E-state index in [0.717, 1.165) is 51.5 Å². The van der Waals surface area contributed by atoms with Gasteiger partial charge in [0, 0.05) is 31.6 Å². The van der Waals surface area contributed by atoms with Gasteiger partial charge in [0.15, 0.2) is 0 Å². The van der Waals surface area contributed by atoms with Crippen molar-refractivity contribution in [1.29, 1.82) is 0 Å². The molecule has 0 saturated carbocycles. The number of nitrogens with one attached hydrogen (secondary N) is 1.